The molecule has 94 valence electrons. The van der Waals surface area contributed by atoms with E-state index in [0.717, 1.165) is 11.3 Å². The summed E-state index contributed by atoms with van der Waals surface area (Å²) in [4.78, 5) is 13.9. The summed E-state index contributed by atoms with van der Waals surface area (Å²) in [7, 11) is 0. The SMILES string of the molecule is Cc1cccc(N(CCCO)C(=O)C(C)C)c1. The van der Waals surface area contributed by atoms with Crippen LogP contribution in [0.2, 0.25) is 0 Å². The van der Waals surface area contributed by atoms with Gasteiger partial charge in [0.05, 0.1) is 0 Å². The minimum atomic E-state index is -0.0331. The first-order chi connectivity index (χ1) is 8.06. The van der Waals surface area contributed by atoms with Crippen LogP contribution >= 0.6 is 0 Å². The highest BCUT2D eigenvalue weighted by atomic mass is 16.3. The number of rotatable bonds is 5. The van der Waals surface area contributed by atoms with Gasteiger partial charge in [0, 0.05) is 24.8 Å². The van der Waals surface area contributed by atoms with E-state index < -0.39 is 0 Å². The summed E-state index contributed by atoms with van der Waals surface area (Å²) in [5.41, 5.74) is 2.05. The van der Waals surface area contributed by atoms with Crippen molar-refractivity contribution in [3.63, 3.8) is 0 Å². The molecule has 0 unspecified atom stereocenters. The predicted octanol–water partition coefficient (Wildman–Crippen LogP) is 2.37. The monoisotopic (exact) mass is 235 g/mol. The second-order valence-corrected chi connectivity index (χ2v) is 4.56. The van der Waals surface area contributed by atoms with Gasteiger partial charge < -0.3 is 10.0 Å². The van der Waals surface area contributed by atoms with Crippen LogP contribution < -0.4 is 4.90 Å². The Morgan fingerprint density at radius 1 is 1.41 bits per heavy atom. The number of hydrogen-bond acceptors (Lipinski definition) is 2. The molecule has 1 N–H and O–H groups in total. The quantitative estimate of drug-likeness (QED) is 0.851. The number of amides is 1. The van der Waals surface area contributed by atoms with E-state index in [-0.39, 0.29) is 18.4 Å². The van der Waals surface area contributed by atoms with Gasteiger partial charge in [-0.25, -0.2) is 0 Å². The fraction of sp³-hybridized carbons (Fsp3) is 0.500. The highest BCUT2D eigenvalue weighted by Gasteiger charge is 2.18. The van der Waals surface area contributed by atoms with Crippen molar-refractivity contribution in [2.45, 2.75) is 27.2 Å². The maximum atomic E-state index is 12.1. The Morgan fingerprint density at radius 2 is 2.12 bits per heavy atom. The first kappa shape index (κ1) is 13.7. The molecule has 0 bridgehead atoms. The highest BCUT2D eigenvalue weighted by Crippen LogP contribution is 2.18. The minimum absolute atomic E-state index is 0.0331. The van der Waals surface area contributed by atoms with Crippen molar-refractivity contribution < 1.29 is 9.90 Å². The summed E-state index contributed by atoms with van der Waals surface area (Å²) >= 11 is 0. The van der Waals surface area contributed by atoms with E-state index in [1.54, 1.807) is 4.90 Å². The van der Waals surface area contributed by atoms with E-state index in [2.05, 4.69) is 0 Å². The number of aliphatic hydroxyl groups excluding tert-OH is 1. The number of aryl methyl sites for hydroxylation is 1. The third kappa shape index (κ3) is 3.86. The molecule has 0 saturated carbocycles. The zero-order valence-corrected chi connectivity index (χ0v) is 10.8. The normalized spacial score (nSPS) is 10.6. The lowest BCUT2D eigenvalue weighted by atomic mass is 10.1. The Morgan fingerprint density at radius 3 is 2.65 bits per heavy atom. The number of carbonyl (C=O) groups is 1. The minimum Gasteiger partial charge on any atom is -0.396 e. The Labute approximate surface area is 103 Å². The van der Waals surface area contributed by atoms with Crippen LogP contribution in [0.25, 0.3) is 0 Å². The van der Waals surface area contributed by atoms with Gasteiger partial charge in [0.15, 0.2) is 0 Å². The second-order valence-electron chi connectivity index (χ2n) is 4.56. The number of nitrogens with zero attached hydrogens (tertiary/aromatic N) is 1. The molecule has 0 aliphatic heterocycles. The predicted molar refractivity (Wildman–Crippen MR) is 70.1 cm³/mol. The van der Waals surface area contributed by atoms with Crippen LogP contribution in [0.4, 0.5) is 5.69 Å². The molecular formula is C14H21NO2. The van der Waals surface area contributed by atoms with E-state index in [1.165, 1.54) is 0 Å². The van der Waals surface area contributed by atoms with Crippen molar-refractivity contribution >= 4 is 11.6 Å². The van der Waals surface area contributed by atoms with Crippen molar-refractivity contribution in [2.75, 3.05) is 18.1 Å². The summed E-state index contributed by atoms with van der Waals surface area (Å²) in [6.45, 7) is 6.46. The summed E-state index contributed by atoms with van der Waals surface area (Å²) in [5, 5.41) is 8.90. The Hall–Kier alpha value is -1.35. The van der Waals surface area contributed by atoms with Crippen molar-refractivity contribution in [1.29, 1.82) is 0 Å². The van der Waals surface area contributed by atoms with Crippen molar-refractivity contribution in [3.8, 4) is 0 Å². The average Bonchev–Trinajstić information content (AvgIpc) is 2.29. The summed E-state index contributed by atoms with van der Waals surface area (Å²) < 4.78 is 0. The molecule has 0 atom stereocenters. The van der Waals surface area contributed by atoms with Gasteiger partial charge >= 0.3 is 0 Å². The molecule has 0 aliphatic carbocycles. The molecule has 0 saturated heterocycles. The van der Waals surface area contributed by atoms with E-state index in [0.29, 0.717) is 13.0 Å². The van der Waals surface area contributed by atoms with Crippen molar-refractivity contribution in [1.82, 2.24) is 0 Å². The van der Waals surface area contributed by atoms with Gasteiger partial charge in [-0.15, -0.1) is 0 Å². The number of carbonyl (C=O) groups excluding carboxylic acids is 1. The molecule has 3 nitrogen and oxygen atoms in total. The zero-order chi connectivity index (χ0) is 12.8. The van der Waals surface area contributed by atoms with Crippen molar-refractivity contribution in [2.24, 2.45) is 5.92 Å². The molecule has 17 heavy (non-hydrogen) atoms. The number of hydrogen-bond donors (Lipinski definition) is 1. The summed E-state index contributed by atoms with van der Waals surface area (Å²) in [6.07, 6.45) is 0.604. The lowest BCUT2D eigenvalue weighted by Gasteiger charge is -2.24. The molecule has 0 spiro atoms. The summed E-state index contributed by atoms with van der Waals surface area (Å²) in [5.74, 6) is 0.0678. The maximum Gasteiger partial charge on any atom is 0.229 e. The maximum absolute atomic E-state index is 12.1. The van der Waals surface area contributed by atoms with E-state index in [4.69, 9.17) is 5.11 Å². The topological polar surface area (TPSA) is 40.5 Å². The van der Waals surface area contributed by atoms with Crippen LogP contribution in [-0.4, -0.2) is 24.2 Å². The van der Waals surface area contributed by atoms with Gasteiger partial charge in [-0.05, 0) is 31.0 Å². The Balaban J connectivity index is 2.93. The first-order valence-electron chi connectivity index (χ1n) is 6.05. The van der Waals surface area contributed by atoms with Gasteiger partial charge in [0.25, 0.3) is 0 Å². The lowest BCUT2D eigenvalue weighted by Crippen LogP contribution is -2.35. The third-order valence-electron chi connectivity index (χ3n) is 2.61. The fourth-order valence-corrected chi connectivity index (χ4v) is 1.70. The standard InChI is InChI=1S/C14H21NO2/c1-11(2)14(17)15(8-5-9-16)13-7-4-6-12(3)10-13/h4,6-7,10-11,16H,5,8-9H2,1-3H3. The van der Waals surface area contributed by atoms with Crippen LogP contribution in [0.5, 0.6) is 0 Å². The van der Waals surface area contributed by atoms with E-state index in [9.17, 15) is 4.79 Å². The van der Waals surface area contributed by atoms with Gasteiger partial charge in [-0.2, -0.15) is 0 Å². The zero-order valence-electron chi connectivity index (χ0n) is 10.8. The van der Waals surface area contributed by atoms with Gasteiger partial charge in [0.2, 0.25) is 5.91 Å². The van der Waals surface area contributed by atoms with E-state index >= 15 is 0 Å². The van der Waals surface area contributed by atoms with Gasteiger partial charge in [-0.1, -0.05) is 26.0 Å². The molecule has 1 aromatic carbocycles. The molecule has 3 heteroatoms. The number of anilines is 1. The highest BCUT2D eigenvalue weighted by molar-refractivity contribution is 5.94. The molecule has 0 aliphatic rings. The smallest absolute Gasteiger partial charge is 0.229 e. The molecule has 1 aromatic rings. The van der Waals surface area contributed by atoms with Crippen LogP contribution in [-0.2, 0) is 4.79 Å². The second kappa shape index (κ2) is 6.40. The van der Waals surface area contributed by atoms with Gasteiger partial charge in [-0.3, -0.25) is 4.79 Å². The average molecular weight is 235 g/mol. The van der Waals surface area contributed by atoms with Crippen LogP contribution in [0.3, 0.4) is 0 Å². The fourth-order valence-electron chi connectivity index (χ4n) is 1.70. The van der Waals surface area contributed by atoms with Crippen LogP contribution in [0.15, 0.2) is 24.3 Å². The molecular weight excluding hydrogens is 214 g/mol. The molecule has 0 heterocycles. The Bertz CT molecular complexity index is 374. The lowest BCUT2D eigenvalue weighted by molar-refractivity contribution is -0.121. The molecule has 1 amide bonds. The third-order valence-corrected chi connectivity index (χ3v) is 2.61. The molecule has 0 aromatic heterocycles. The molecule has 0 radical (unpaired) electrons. The van der Waals surface area contributed by atoms with Crippen LogP contribution in [0.1, 0.15) is 25.8 Å². The Kier molecular flexibility index (Phi) is 5.16. The first-order valence-corrected chi connectivity index (χ1v) is 6.05. The number of benzene rings is 1. The molecule has 0 fully saturated rings. The molecule has 1 rings (SSSR count). The van der Waals surface area contributed by atoms with Crippen LogP contribution in [0, 0.1) is 12.8 Å². The largest absolute Gasteiger partial charge is 0.396 e. The van der Waals surface area contributed by atoms with E-state index in [1.807, 2.05) is 45.0 Å². The van der Waals surface area contributed by atoms with Crippen molar-refractivity contribution in [3.05, 3.63) is 29.8 Å². The van der Waals surface area contributed by atoms with Gasteiger partial charge in [0.1, 0.15) is 0 Å². The summed E-state index contributed by atoms with van der Waals surface area (Å²) in [6, 6.07) is 7.89. The number of aliphatic hydroxyl groups is 1.